The first-order chi connectivity index (χ1) is 28.7. The lowest BCUT2D eigenvalue weighted by Crippen LogP contribution is -2.57. The third-order valence-corrected chi connectivity index (χ3v) is 16.2. The molecule has 0 spiro atoms. The molecule has 5 saturated heterocycles. The van der Waals surface area contributed by atoms with Gasteiger partial charge in [0.1, 0.15) is 29.0 Å². The van der Waals surface area contributed by atoms with Crippen molar-refractivity contribution in [2.24, 2.45) is 17.3 Å². The van der Waals surface area contributed by atoms with E-state index in [1.54, 1.807) is 0 Å². The predicted molar refractivity (Wildman–Crippen MR) is 219 cm³/mol. The van der Waals surface area contributed by atoms with Gasteiger partial charge < -0.3 is 53.6 Å². The molecule has 2 atom stereocenters. The molecule has 6 fully saturated rings. The van der Waals surface area contributed by atoms with Crippen molar-refractivity contribution in [3.05, 3.63) is 11.4 Å². The van der Waals surface area contributed by atoms with E-state index in [0.29, 0.717) is 87.3 Å². The highest BCUT2D eigenvalue weighted by atomic mass is 32.2. The first-order valence-corrected chi connectivity index (χ1v) is 24.2. The number of hydrogen-bond donors (Lipinski definition) is 3. The minimum Gasteiger partial charge on any atom is -0.611 e. The molecule has 0 radical (unpaired) electrons. The number of carboxylic acid groups (broad SMARTS) is 1. The number of aromatic nitrogens is 4. The first kappa shape index (κ1) is 41.2. The zero-order valence-electron chi connectivity index (χ0n) is 33.6. The zero-order chi connectivity index (χ0) is 40.5. The Morgan fingerprint density at radius 3 is 1.63 bits per heavy atom. The number of fused-ring (bicyclic) bond motifs is 2. The van der Waals surface area contributed by atoms with Crippen molar-refractivity contribution in [1.29, 1.82) is 0 Å². The number of aliphatic carboxylic acids is 1. The van der Waals surface area contributed by atoms with E-state index in [1.807, 2.05) is 4.90 Å². The molecule has 0 aromatic carbocycles. The number of aryl methyl sites for hydroxylation is 2. The molecule has 3 N–H and O–H groups in total. The second-order valence-electron chi connectivity index (χ2n) is 17.1. The van der Waals surface area contributed by atoms with E-state index in [1.165, 1.54) is 0 Å². The number of carbonyl (C=O) groups is 2. The van der Waals surface area contributed by atoms with E-state index in [9.17, 15) is 23.8 Å². The average Bonchev–Trinajstić information content (AvgIpc) is 3.96. The molecule has 2 aromatic rings. The summed E-state index contributed by atoms with van der Waals surface area (Å²) in [4.78, 5) is 48.8. The Bertz CT molecular complexity index is 1830. The summed E-state index contributed by atoms with van der Waals surface area (Å²) in [5.74, 6) is 3.21. The fraction of sp³-hybridized carbons (Fsp3) is 0.750. The van der Waals surface area contributed by atoms with E-state index in [-0.39, 0.29) is 36.0 Å². The molecule has 2 unspecified atom stereocenters. The Kier molecular flexibility index (Phi) is 12.6. The predicted octanol–water partition coefficient (Wildman–Crippen LogP) is 2.70. The minimum atomic E-state index is -1.06. The van der Waals surface area contributed by atoms with Crippen molar-refractivity contribution in [3.8, 4) is 0 Å². The second-order valence-corrected chi connectivity index (χ2v) is 20.1. The van der Waals surface area contributed by atoms with Crippen molar-refractivity contribution in [3.63, 3.8) is 0 Å². The van der Waals surface area contributed by atoms with Gasteiger partial charge in [-0.25, -0.2) is 9.97 Å². The van der Waals surface area contributed by atoms with Gasteiger partial charge in [0, 0.05) is 83.6 Å². The molecular weight excluding hydrogens is 801 g/mol. The van der Waals surface area contributed by atoms with Gasteiger partial charge in [0.15, 0.2) is 11.6 Å². The number of carbonyl (C=O) groups excluding carboxylic acids is 1. The van der Waals surface area contributed by atoms with Crippen LogP contribution in [0, 0.1) is 17.3 Å². The summed E-state index contributed by atoms with van der Waals surface area (Å²) in [6, 6.07) is 0.541. The molecule has 1 saturated carbocycles. The summed E-state index contributed by atoms with van der Waals surface area (Å²) in [7, 11) is 0. The van der Waals surface area contributed by atoms with Gasteiger partial charge in [-0.05, 0) is 73.7 Å². The van der Waals surface area contributed by atoms with Crippen molar-refractivity contribution in [2.75, 3.05) is 97.8 Å². The van der Waals surface area contributed by atoms with Crippen LogP contribution < -0.4 is 20.4 Å². The largest absolute Gasteiger partial charge is 0.611 e. The fourth-order valence-corrected chi connectivity index (χ4v) is 12.2. The highest BCUT2D eigenvalue weighted by Gasteiger charge is 2.53. The van der Waals surface area contributed by atoms with Crippen LogP contribution in [0.2, 0.25) is 0 Å². The summed E-state index contributed by atoms with van der Waals surface area (Å²) in [6.45, 7) is 6.72. The average molecular weight is 857 g/mol. The monoisotopic (exact) mass is 856 g/mol. The van der Waals surface area contributed by atoms with Gasteiger partial charge in [-0.15, -0.1) is 0 Å². The number of esters is 1. The number of ether oxygens (including phenoxy) is 4. The van der Waals surface area contributed by atoms with Crippen LogP contribution in [-0.2, 0) is 63.7 Å². The quantitative estimate of drug-likeness (QED) is 0.231. The van der Waals surface area contributed by atoms with Gasteiger partial charge in [0.2, 0.25) is 21.7 Å². The van der Waals surface area contributed by atoms with Crippen LogP contribution in [0.25, 0.3) is 0 Å². The molecule has 19 heteroatoms. The minimum absolute atomic E-state index is 0.0469. The highest BCUT2D eigenvalue weighted by molar-refractivity contribution is 7.92. The van der Waals surface area contributed by atoms with Gasteiger partial charge in [0.05, 0.1) is 24.4 Å². The summed E-state index contributed by atoms with van der Waals surface area (Å²) in [5.41, 5.74) is 1.17. The molecule has 1 aliphatic carbocycles. The lowest BCUT2D eigenvalue weighted by Gasteiger charge is -2.47. The van der Waals surface area contributed by atoms with Gasteiger partial charge in [-0.3, -0.25) is 9.59 Å². The van der Waals surface area contributed by atoms with E-state index in [2.05, 4.69) is 20.5 Å². The standard InChI is InChI=1S/C20H28N4O5S.C20H28N4O4S/c25-19(13-1-6-27-7-2-13)29-15-11-24(12-15)20-22-16-5-10-30(26)17(16)18(23-20)21-14-3-8-28-9-4-14;25-18(26)20(6-1-2-7-20)13-11-24(12-13)19-22-15-5-10-29(27)16(15)17(23-19)21-14-3-8-28-9-4-14/h13-15H,1-12H2,(H,21,22,23);13-14H,1-12H2,(H,25,26)(H,21,22,23). The number of hydrogen-bond acceptors (Lipinski definition) is 16. The molecule has 59 heavy (non-hydrogen) atoms. The third kappa shape index (κ3) is 8.79. The van der Waals surface area contributed by atoms with E-state index in [0.717, 1.165) is 112 Å². The molecule has 7 aliphatic heterocycles. The van der Waals surface area contributed by atoms with Crippen molar-refractivity contribution >= 4 is 57.8 Å². The Labute approximate surface area is 350 Å². The van der Waals surface area contributed by atoms with Crippen LogP contribution in [0.3, 0.4) is 0 Å². The van der Waals surface area contributed by atoms with Crippen molar-refractivity contribution < 1.29 is 42.7 Å². The first-order valence-electron chi connectivity index (χ1n) is 21.5. The van der Waals surface area contributed by atoms with Gasteiger partial charge in [0.25, 0.3) is 0 Å². The zero-order valence-corrected chi connectivity index (χ0v) is 35.2. The van der Waals surface area contributed by atoms with Crippen LogP contribution in [-0.4, -0.2) is 142 Å². The SMILES string of the molecule is O=C(O)C1(C2CN(c3nc4c(c(NC5CCOCC5)n3)[S+]([O-])CC4)C2)CCCC1.O=C(OC1CN(c2nc3c(c(NC4CCOCC4)n2)[S+]([O-])CC3)C1)C1CCOCC1. The van der Waals surface area contributed by atoms with Crippen molar-refractivity contribution in [2.45, 2.75) is 105 Å². The maximum Gasteiger partial charge on any atom is 0.310 e. The molecule has 0 bridgehead atoms. The van der Waals surface area contributed by atoms with E-state index < -0.39 is 33.7 Å². The fourth-order valence-electron chi connectivity index (χ4n) is 9.58. The molecule has 17 nitrogen and oxygen atoms in total. The lowest BCUT2D eigenvalue weighted by atomic mass is 9.70. The Morgan fingerprint density at radius 1 is 0.695 bits per heavy atom. The number of nitrogens with zero attached hydrogens (tertiary/aromatic N) is 6. The number of rotatable bonds is 10. The maximum absolute atomic E-state index is 12.5. The van der Waals surface area contributed by atoms with Crippen LogP contribution in [0.5, 0.6) is 0 Å². The molecule has 2 aromatic heterocycles. The third-order valence-electron chi connectivity index (χ3n) is 13.3. The summed E-state index contributed by atoms with van der Waals surface area (Å²) < 4.78 is 46.9. The van der Waals surface area contributed by atoms with Crippen molar-refractivity contribution in [1.82, 2.24) is 19.9 Å². The summed E-state index contributed by atoms with van der Waals surface area (Å²) >= 11 is -2.11. The number of nitrogens with one attached hydrogen (secondary N) is 2. The summed E-state index contributed by atoms with van der Waals surface area (Å²) in [5, 5.41) is 16.8. The topological polar surface area (TPSA) is 220 Å². The molecule has 10 rings (SSSR count). The summed E-state index contributed by atoms with van der Waals surface area (Å²) in [6.07, 6.45) is 9.97. The Morgan fingerprint density at radius 2 is 1.15 bits per heavy atom. The smallest absolute Gasteiger partial charge is 0.310 e. The highest BCUT2D eigenvalue weighted by Crippen LogP contribution is 2.49. The Hall–Kier alpha value is -3.20. The van der Waals surface area contributed by atoms with Crippen LogP contribution >= 0.6 is 0 Å². The lowest BCUT2D eigenvalue weighted by molar-refractivity contribution is -0.158. The number of anilines is 4. The maximum atomic E-state index is 12.5. The second kappa shape index (κ2) is 18.0. The molecule has 8 aliphatic rings. The Balaban J connectivity index is 0.000000152. The van der Waals surface area contributed by atoms with Gasteiger partial charge in [-0.1, -0.05) is 12.8 Å². The van der Waals surface area contributed by atoms with Gasteiger partial charge >= 0.3 is 11.9 Å². The number of carboxylic acids is 1. The van der Waals surface area contributed by atoms with Gasteiger partial charge in [-0.2, -0.15) is 9.97 Å². The van der Waals surface area contributed by atoms with Crippen LogP contribution in [0.1, 0.15) is 75.6 Å². The van der Waals surface area contributed by atoms with Crippen LogP contribution in [0.4, 0.5) is 23.5 Å². The molecule has 0 amide bonds. The molecule has 322 valence electrons. The molecule has 9 heterocycles. The van der Waals surface area contributed by atoms with E-state index >= 15 is 0 Å². The normalized spacial score (nSPS) is 26.3. The molecular formula is C40H56N8O9S2. The van der Waals surface area contributed by atoms with E-state index in [4.69, 9.17) is 33.9 Å². The van der Waals surface area contributed by atoms with Crippen LogP contribution in [0.15, 0.2) is 9.79 Å².